The Bertz CT molecular complexity index is 1470. The molecule has 1 aromatic carbocycles. The number of fused-ring (bicyclic) bond motifs is 3. The molecule has 4 aromatic rings. The quantitative estimate of drug-likeness (QED) is 0.283. The first-order valence-corrected chi connectivity index (χ1v) is 12.9. The van der Waals surface area contributed by atoms with Crippen molar-refractivity contribution in [2.75, 3.05) is 6.61 Å². The largest absolute Gasteiger partial charge is 0.780 e. The van der Waals surface area contributed by atoms with Crippen LogP contribution in [0.2, 0.25) is 0 Å². The van der Waals surface area contributed by atoms with Gasteiger partial charge in [-0.3, -0.25) is 9.36 Å². The van der Waals surface area contributed by atoms with Crippen molar-refractivity contribution >= 4 is 51.4 Å². The van der Waals surface area contributed by atoms with Gasteiger partial charge in [-0.05, 0) is 21.5 Å². The average Bonchev–Trinajstić information content (AvgIpc) is 3.43. The number of ether oxygens (including phenoxy) is 1. The summed E-state index contributed by atoms with van der Waals surface area (Å²) in [6, 6.07) is 9.51. The Hall–Kier alpha value is -1.96. The minimum atomic E-state index is -3.69. The van der Waals surface area contributed by atoms with Crippen LogP contribution in [0.3, 0.4) is 0 Å². The fourth-order valence-corrected chi connectivity index (χ4v) is 6.01. The molecule has 32 heavy (non-hydrogen) atoms. The van der Waals surface area contributed by atoms with Crippen LogP contribution in [0.25, 0.3) is 28.2 Å². The number of aliphatic hydroxyl groups is 1. The highest BCUT2D eigenvalue weighted by molar-refractivity contribution is 9.10. The summed E-state index contributed by atoms with van der Waals surface area (Å²) in [5.74, 6) is 0.301. The van der Waals surface area contributed by atoms with Crippen LogP contribution in [-0.4, -0.2) is 53.9 Å². The van der Waals surface area contributed by atoms with E-state index in [1.807, 2.05) is 30.3 Å². The van der Waals surface area contributed by atoms with Crippen LogP contribution < -0.4 is 10.5 Å². The van der Waals surface area contributed by atoms with Gasteiger partial charge in [0, 0.05) is 6.20 Å². The minimum Gasteiger partial charge on any atom is -0.780 e. The fraction of sp³-hybridized carbons (Fsp3) is 0.278. The maximum absolute atomic E-state index is 13.1. The van der Waals surface area contributed by atoms with Crippen molar-refractivity contribution in [3.05, 3.63) is 51.6 Å². The Labute approximate surface area is 193 Å². The molecule has 6 rings (SSSR count). The number of benzene rings is 1. The molecule has 0 aliphatic carbocycles. The molecule has 5 heterocycles. The van der Waals surface area contributed by atoms with Crippen LogP contribution in [0.4, 0.5) is 0 Å². The van der Waals surface area contributed by atoms with E-state index in [0.29, 0.717) is 11.5 Å². The van der Waals surface area contributed by atoms with Crippen molar-refractivity contribution in [1.29, 1.82) is 0 Å². The summed E-state index contributed by atoms with van der Waals surface area (Å²) in [6.07, 6.45) is -2.23. The molecule has 2 fully saturated rings. The Morgan fingerprint density at radius 3 is 2.88 bits per heavy atom. The molecule has 166 valence electrons. The molecule has 0 amide bonds. The number of aromatic amines is 1. The van der Waals surface area contributed by atoms with E-state index in [0.717, 1.165) is 5.56 Å². The number of nitrogens with one attached hydrogen (secondary N) is 1. The molecule has 11 nitrogen and oxygen atoms in total. The normalized spacial score (nSPS) is 30.2. The predicted molar refractivity (Wildman–Crippen MR) is 117 cm³/mol. The first-order chi connectivity index (χ1) is 15.3. The van der Waals surface area contributed by atoms with Gasteiger partial charge in [-0.2, -0.15) is 4.98 Å². The van der Waals surface area contributed by atoms with Gasteiger partial charge in [0.15, 0.2) is 22.1 Å². The molecule has 14 heteroatoms. The van der Waals surface area contributed by atoms with Crippen molar-refractivity contribution in [1.82, 2.24) is 23.9 Å². The number of hydrogen-bond acceptors (Lipinski definition) is 9. The molecule has 2 N–H and O–H groups in total. The van der Waals surface area contributed by atoms with Gasteiger partial charge in [-0.1, -0.05) is 42.1 Å². The van der Waals surface area contributed by atoms with Gasteiger partial charge in [0.25, 0.3) is 5.56 Å². The van der Waals surface area contributed by atoms with Crippen molar-refractivity contribution in [2.24, 2.45) is 0 Å². The monoisotopic (exact) mass is 538 g/mol. The fourth-order valence-electron chi connectivity index (χ4n) is 4.03. The third-order valence-electron chi connectivity index (χ3n) is 5.51. The van der Waals surface area contributed by atoms with Crippen LogP contribution in [0.5, 0.6) is 0 Å². The number of hydrogen-bond donors (Lipinski definition) is 2. The molecule has 2 aliphatic heterocycles. The average molecular weight is 539 g/mol. The van der Waals surface area contributed by atoms with E-state index in [2.05, 4.69) is 30.9 Å². The molecule has 0 bridgehead atoms. The molecule has 5 atom stereocenters. The van der Waals surface area contributed by atoms with Gasteiger partial charge in [0.05, 0.1) is 12.3 Å². The molecule has 0 saturated carbocycles. The second kappa shape index (κ2) is 7.27. The zero-order valence-corrected chi connectivity index (χ0v) is 19.3. The number of rotatable bonds is 2. The smallest absolute Gasteiger partial charge is 0.287 e. The lowest BCUT2D eigenvalue weighted by atomic mass is 10.1. The zero-order chi connectivity index (χ0) is 22.2. The van der Waals surface area contributed by atoms with Crippen LogP contribution in [-0.2, 0) is 25.6 Å². The summed E-state index contributed by atoms with van der Waals surface area (Å²) in [7, 11) is 0. The lowest BCUT2D eigenvalue weighted by Gasteiger charge is -2.38. The predicted octanol–water partition coefficient (Wildman–Crippen LogP) is 1.06. The topological polar surface area (TPSA) is 139 Å². The van der Waals surface area contributed by atoms with E-state index in [1.165, 1.54) is 8.97 Å². The molecule has 5 unspecified atom stereocenters. The van der Waals surface area contributed by atoms with E-state index in [-0.39, 0.29) is 28.1 Å². The van der Waals surface area contributed by atoms with Gasteiger partial charge in [0.2, 0.25) is 5.78 Å². The summed E-state index contributed by atoms with van der Waals surface area (Å²) in [5.41, 5.74) is 1.51. The molecule has 2 saturated heterocycles. The summed E-state index contributed by atoms with van der Waals surface area (Å²) < 4.78 is 19.3. The number of aliphatic hydroxyl groups excluding tert-OH is 1. The Kier molecular flexibility index (Phi) is 4.69. The maximum atomic E-state index is 13.1. The van der Waals surface area contributed by atoms with E-state index >= 15 is 0 Å². The first-order valence-electron chi connectivity index (χ1n) is 9.54. The van der Waals surface area contributed by atoms with Gasteiger partial charge < -0.3 is 28.8 Å². The molecule has 0 spiro atoms. The van der Waals surface area contributed by atoms with Crippen LogP contribution in [0, 0.1) is 0 Å². The second-order valence-electron chi connectivity index (χ2n) is 7.44. The Morgan fingerprint density at radius 2 is 2.09 bits per heavy atom. The van der Waals surface area contributed by atoms with Crippen LogP contribution in [0.15, 0.2) is 46.1 Å². The highest BCUT2D eigenvalue weighted by Crippen LogP contribution is 2.50. The number of H-pyrrole nitrogens is 1. The summed E-state index contributed by atoms with van der Waals surface area (Å²) in [6.45, 7) is -3.77. The van der Waals surface area contributed by atoms with Crippen LogP contribution >= 0.6 is 22.6 Å². The first kappa shape index (κ1) is 20.6. The molecular formula is C18H14BrN5O6PS-. The summed E-state index contributed by atoms with van der Waals surface area (Å²) >= 11 is 8.11. The number of aromatic nitrogens is 5. The molecule has 2 aliphatic rings. The van der Waals surface area contributed by atoms with Crippen molar-refractivity contribution in [3.8, 4) is 11.3 Å². The third-order valence-corrected chi connectivity index (χ3v) is 7.61. The van der Waals surface area contributed by atoms with Crippen molar-refractivity contribution < 1.29 is 23.8 Å². The van der Waals surface area contributed by atoms with Crippen molar-refractivity contribution in [3.63, 3.8) is 0 Å². The lowest BCUT2D eigenvalue weighted by molar-refractivity contribution is -0.227. The maximum Gasteiger partial charge on any atom is 0.287 e. The third kappa shape index (κ3) is 3.12. The van der Waals surface area contributed by atoms with E-state index in [9.17, 15) is 14.8 Å². The molecule has 0 radical (unpaired) electrons. The second-order valence-corrected chi connectivity index (χ2v) is 10.9. The van der Waals surface area contributed by atoms with E-state index in [4.69, 9.17) is 25.6 Å². The van der Waals surface area contributed by atoms with E-state index < -0.39 is 31.3 Å². The highest BCUT2D eigenvalue weighted by atomic mass is 79.9. The van der Waals surface area contributed by atoms with Crippen molar-refractivity contribution in [2.45, 2.75) is 24.5 Å². The highest BCUT2D eigenvalue weighted by Gasteiger charge is 2.50. The number of nitrogens with zero attached hydrogens (tertiary/aromatic N) is 4. The van der Waals surface area contributed by atoms with Gasteiger partial charge in [-0.25, -0.2) is 9.38 Å². The summed E-state index contributed by atoms with van der Waals surface area (Å²) in [4.78, 5) is 37.2. The SMILES string of the molecule is O=c1c2nc(Br)n(C3OC4COP([O-])(=S)OC4C3O)c2nc2[nH]c(-c3ccccc3)cn12. The van der Waals surface area contributed by atoms with E-state index in [1.54, 1.807) is 6.20 Å². The van der Waals surface area contributed by atoms with Gasteiger partial charge in [-0.15, -0.1) is 0 Å². The summed E-state index contributed by atoms with van der Waals surface area (Å²) in [5, 5.41) is 10.8. The van der Waals surface area contributed by atoms with Crippen LogP contribution in [0.1, 0.15) is 6.23 Å². The van der Waals surface area contributed by atoms with Gasteiger partial charge >= 0.3 is 0 Å². The lowest BCUT2D eigenvalue weighted by Crippen LogP contribution is -2.41. The molecular weight excluding hydrogens is 525 g/mol. The zero-order valence-electron chi connectivity index (χ0n) is 16.0. The minimum absolute atomic E-state index is 0.0827. The standard InChI is InChI=1S/C18H15BrN5O6PS/c19-17-21-11-14(24(17)16-12(25)13-10(29-16)7-28-31(27,32)30-13)22-18-20-9(6-23(18)15(11)26)8-4-2-1-3-5-8/h1-6,10,12-13,16,25H,7H2,(H,20,22)(H,27,32)/p-1. The Morgan fingerprint density at radius 1 is 1.31 bits per heavy atom. The molecule has 3 aromatic heterocycles. The Balaban J connectivity index is 1.48. The van der Waals surface area contributed by atoms with Gasteiger partial charge in [0.1, 0.15) is 25.0 Å². The number of halogens is 1. The number of imidazole rings is 2.